The summed E-state index contributed by atoms with van der Waals surface area (Å²) in [7, 11) is 0. The quantitative estimate of drug-likeness (QED) is 0.381. The second-order valence-electron chi connectivity index (χ2n) is 4.83. The van der Waals surface area contributed by atoms with Crippen LogP contribution in [0.4, 0.5) is 0 Å². The Morgan fingerprint density at radius 3 is 2.17 bits per heavy atom. The average Bonchev–Trinajstić information content (AvgIpc) is 2.40. The number of unbranched alkanes of at least 4 members (excludes halogenated alkanes) is 5. The van der Waals surface area contributed by atoms with Crippen molar-refractivity contribution in [1.82, 2.24) is 0 Å². The first kappa shape index (κ1) is 15.5. The number of nitrogens with zero attached hydrogens (tertiary/aromatic N) is 1. The molecular weight excluding hydrogens is 240 g/mol. The Bertz CT molecular complexity index is 298. The van der Waals surface area contributed by atoms with Crippen LogP contribution in [-0.2, 0) is 13.0 Å². The highest BCUT2D eigenvalue weighted by Gasteiger charge is 1.99. The lowest BCUT2D eigenvalue weighted by Gasteiger charge is -2.02. The first-order valence-corrected chi connectivity index (χ1v) is 7.79. The molecule has 0 aromatic carbocycles. The maximum Gasteiger partial charge on any atom is 0.169 e. The van der Waals surface area contributed by atoms with Gasteiger partial charge in [-0.3, -0.25) is 0 Å². The van der Waals surface area contributed by atoms with Crippen molar-refractivity contribution in [2.45, 2.75) is 51.5 Å². The van der Waals surface area contributed by atoms with E-state index in [2.05, 4.69) is 41.7 Å². The normalized spacial score (nSPS) is 10.8. The van der Waals surface area contributed by atoms with Crippen LogP contribution in [0.15, 0.2) is 24.5 Å². The molecule has 0 saturated heterocycles. The van der Waals surface area contributed by atoms with E-state index in [4.69, 9.17) is 5.73 Å². The van der Waals surface area contributed by atoms with Gasteiger partial charge in [-0.25, -0.2) is 4.57 Å². The fraction of sp³-hybridized carbons (Fsp3) is 0.667. The van der Waals surface area contributed by atoms with E-state index in [-0.39, 0.29) is 0 Å². The van der Waals surface area contributed by atoms with Crippen molar-refractivity contribution >= 4 is 12.6 Å². The lowest BCUT2D eigenvalue weighted by atomic mass is 10.1. The minimum atomic E-state index is 0.844. The highest BCUT2D eigenvalue weighted by atomic mass is 32.1. The van der Waals surface area contributed by atoms with E-state index in [0.29, 0.717) is 0 Å². The highest BCUT2D eigenvalue weighted by Crippen LogP contribution is 2.08. The van der Waals surface area contributed by atoms with Gasteiger partial charge in [-0.15, -0.1) is 0 Å². The molecule has 0 amide bonds. The van der Waals surface area contributed by atoms with Crippen molar-refractivity contribution in [3.8, 4) is 0 Å². The van der Waals surface area contributed by atoms with E-state index >= 15 is 0 Å². The third-order valence-electron chi connectivity index (χ3n) is 3.24. The first-order chi connectivity index (χ1) is 8.86. The molecule has 0 atom stereocenters. The number of nitrogens with two attached hydrogens (primary N) is 1. The zero-order valence-corrected chi connectivity index (χ0v) is 12.2. The summed E-state index contributed by atoms with van der Waals surface area (Å²) in [6.45, 7) is 1.83. The van der Waals surface area contributed by atoms with Crippen molar-refractivity contribution in [3.05, 3.63) is 30.1 Å². The van der Waals surface area contributed by atoms with Crippen LogP contribution in [0.1, 0.15) is 44.1 Å². The Labute approximate surface area is 117 Å². The Hall–Kier alpha value is -0.540. The first-order valence-electron chi connectivity index (χ1n) is 7.15. The van der Waals surface area contributed by atoms with Gasteiger partial charge in [0.2, 0.25) is 0 Å². The standard InChI is InChI=1S/C15H26N2S/c16-10-6-4-2-1-3-5-7-15-8-11-17(12-9-15)13-14-18/h8-9,11-12H,1-7,10,13-14,16H2/p+1. The van der Waals surface area contributed by atoms with Gasteiger partial charge < -0.3 is 5.73 Å². The predicted molar refractivity (Wildman–Crippen MR) is 81.0 cm³/mol. The minimum absolute atomic E-state index is 0.844. The van der Waals surface area contributed by atoms with Crippen LogP contribution >= 0.6 is 12.6 Å². The third kappa shape index (κ3) is 7.02. The predicted octanol–water partition coefficient (Wildman–Crippen LogP) is 2.75. The number of pyridine rings is 1. The summed E-state index contributed by atoms with van der Waals surface area (Å²) >= 11 is 4.23. The zero-order valence-electron chi connectivity index (χ0n) is 11.4. The Morgan fingerprint density at radius 1 is 0.944 bits per heavy atom. The lowest BCUT2D eigenvalue weighted by Crippen LogP contribution is -2.33. The van der Waals surface area contributed by atoms with Crippen molar-refractivity contribution in [2.24, 2.45) is 5.73 Å². The van der Waals surface area contributed by atoms with Crippen LogP contribution in [0.2, 0.25) is 0 Å². The van der Waals surface area contributed by atoms with E-state index in [9.17, 15) is 0 Å². The van der Waals surface area contributed by atoms with Crippen LogP contribution in [0.5, 0.6) is 0 Å². The molecule has 0 aliphatic carbocycles. The van der Waals surface area contributed by atoms with Gasteiger partial charge in [0.1, 0.15) is 0 Å². The number of hydrogen-bond acceptors (Lipinski definition) is 2. The molecule has 0 bridgehead atoms. The Kier molecular flexibility index (Phi) is 8.96. The average molecular weight is 267 g/mol. The van der Waals surface area contributed by atoms with E-state index in [1.165, 1.54) is 50.5 Å². The molecule has 102 valence electrons. The molecule has 1 aromatic heterocycles. The molecule has 0 unspecified atom stereocenters. The van der Waals surface area contributed by atoms with Crippen molar-refractivity contribution < 1.29 is 4.57 Å². The largest absolute Gasteiger partial charge is 0.330 e. The van der Waals surface area contributed by atoms with Gasteiger partial charge in [-0.2, -0.15) is 12.6 Å². The molecule has 0 spiro atoms. The van der Waals surface area contributed by atoms with E-state index < -0.39 is 0 Å². The summed E-state index contributed by atoms with van der Waals surface area (Å²) in [5.41, 5.74) is 6.92. The fourth-order valence-electron chi connectivity index (χ4n) is 2.10. The van der Waals surface area contributed by atoms with Gasteiger partial charge in [0.25, 0.3) is 0 Å². The summed E-state index contributed by atoms with van der Waals surface area (Å²) in [5, 5.41) is 0. The van der Waals surface area contributed by atoms with Gasteiger partial charge in [0.05, 0.1) is 0 Å². The lowest BCUT2D eigenvalue weighted by molar-refractivity contribution is -0.692. The number of aromatic nitrogens is 1. The van der Waals surface area contributed by atoms with Crippen LogP contribution in [0.25, 0.3) is 0 Å². The van der Waals surface area contributed by atoms with Gasteiger partial charge in [0, 0.05) is 17.9 Å². The second kappa shape index (κ2) is 10.4. The fourth-order valence-corrected chi connectivity index (χ4v) is 2.33. The monoisotopic (exact) mass is 267 g/mol. The van der Waals surface area contributed by atoms with Crippen molar-refractivity contribution in [3.63, 3.8) is 0 Å². The van der Waals surface area contributed by atoms with Crippen molar-refractivity contribution in [2.75, 3.05) is 12.3 Å². The molecule has 0 aliphatic heterocycles. The van der Waals surface area contributed by atoms with E-state index in [0.717, 1.165) is 18.8 Å². The smallest absolute Gasteiger partial charge is 0.169 e. The molecule has 0 radical (unpaired) electrons. The minimum Gasteiger partial charge on any atom is -0.330 e. The van der Waals surface area contributed by atoms with Gasteiger partial charge in [-0.05, 0) is 31.4 Å². The topological polar surface area (TPSA) is 29.9 Å². The maximum absolute atomic E-state index is 5.47. The maximum atomic E-state index is 5.47. The molecule has 2 N–H and O–H groups in total. The molecule has 1 heterocycles. The van der Waals surface area contributed by atoms with E-state index in [1.54, 1.807) is 0 Å². The third-order valence-corrected chi connectivity index (χ3v) is 3.44. The van der Waals surface area contributed by atoms with E-state index in [1.807, 2.05) is 0 Å². The molecule has 3 heteroatoms. The van der Waals surface area contributed by atoms with Crippen molar-refractivity contribution in [1.29, 1.82) is 0 Å². The number of aryl methyl sites for hydroxylation is 2. The molecule has 0 fully saturated rings. The molecule has 1 aromatic rings. The molecular formula is C15H27N2S+. The van der Waals surface area contributed by atoms with Gasteiger partial charge in [-0.1, -0.05) is 25.7 Å². The summed E-state index contributed by atoms with van der Waals surface area (Å²) in [5.74, 6) is 0.896. The highest BCUT2D eigenvalue weighted by molar-refractivity contribution is 7.80. The molecule has 0 aliphatic rings. The molecule has 1 rings (SSSR count). The van der Waals surface area contributed by atoms with Gasteiger partial charge in [0.15, 0.2) is 18.9 Å². The number of hydrogen-bond donors (Lipinski definition) is 2. The van der Waals surface area contributed by atoms with Gasteiger partial charge >= 0.3 is 0 Å². The Morgan fingerprint density at radius 2 is 1.56 bits per heavy atom. The summed E-state index contributed by atoms with van der Waals surface area (Å²) in [4.78, 5) is 0. The number of rotatable bonds is 10. The molecule has 18 heavy (non-hydrogen) atoms. The molecule has 2 nitrogen and oxygen atoms in total. The SMILES string of the molecule is NCCCCCCCCc1cc[n+](CCS)cc1. The van der Waals surface area contributed by atoms with Crippen LogP contribution in [0.3, 0.4) is 0 Å². The van der Waals surface area contributed by atoms with Crippen LogP contribution < -0.4 is 10.3 Å². The summed E-state index contributed by atoms with van der Waals surface area (Å²) in [6, 6.07) is 4.47. The molecule has 0 saturated carbocycles. The summed E-state index contributed by atoms with van der Waals surface area (Å²) < 4.78 is 2.18. The second-order valence-corrected chi connectivity index (χ2v) is 5.28. The summed E-state index contributed by atoms with van der Waals surface area (Å²) in [6.07, 6.45) is 13.4. The Balaban J connectivity index is 2.08. The van der Waals surface area contributed by atoms with Crippen LogP contribution in [-0.4, -0.2) is 12.3 Å². The number of thiol groups is 1. The van der Waals surface area contributed by atoms with Crippen LogP contribution in [0, 0.1) is 0 Å². The zero-order chi connectivity index (χ0) is 13.1.